The zero-order chi connectivity index (χ0) is 22.2. The van der Waals surface area contributed by atoms with Gasteiger partial charge in [-0.1, -0.05) is 91.9 Å². The van der Waals surface area contributed by atoms with Crippen molar-refractivity contribution in [2.45, 2.75) is 45.4 Å². The number of hydrogen-bond donors (Lipinski definition) is 1. The number of benzene rings is 3. The molecule has 0 spiro atoms. The van der Waals surface area contributed by atoms with E-state index in [4.69, 9.17) is 0 Å². The molecular formula is C29H30N2O. The minimum atomic E-state index is 0.264. The quantitative estimate of drug-likeness (QED) is 0.332. The van der Waals surface area contributed by atoms with E-state index in [1.165, 1.54) is 16.7 Å². The molecule has 0 aliphatic rings. The summed E-state index contributed by atoms with van der Waals surface area (Å²) in [6.45, 7) is 2.14. The number of aryl methyl sites for hydroxylation is 3. The number of nitrogens with zero attached hydrogens (tertiary/aromatic N) is 1. The van der Waals surface area contributed by atoms with Gasteiger partial charge in [-0.05, 0) is 42.4 Å². The van der Waals surface area contributed by atoms with Gasteiger partial charge in [0.15, 0.2) is 0 Å². The third kappa shape index (κ3) is 5.61. The molecule has 0 atom stereocenters. The number of aromatic amines is 1. The van der Waals surface area contributed by atoms with E-state index >= 15 is 0 Å². The number of carbonyl (C=O) groups is 1. The van der Waals surface area contributed by atoms with Crippen molar-refractivity contribution in [1.82, 2.24) is 10.2 Å². The van der Waals surface area contributed by atoms with Crippen LogP contribution in [0.5, 0.6) is 0 Å². The number of ketones is 1. The Hall–Kier alpha value is -3.46. The summed E-state index contributed by atoms with van der Waals surface area (Å²) in [5.74, 6) is 0.264. The Kier molecular flexibility index (Phi) is 7.29. The van der Waals surface area contributed by atoms with Crippen molar-refractivity contribution in [3.63, 3.8) is 0 Å². The Morgan fingerprint density at radius 2 is 1.34 bits per heavy atom. The van der Waals surface area contributed by atoms with Gasteiger partial charge in [-0.2, -0.15) is 5.10 Å². The molecule has 0 saturated carbocycles. The molecule has 0 bridgehead atoms. The first-order valence-corrected chi connectivity index (χ1v) is 11.5. The molecule has 3 nitrogen and oxygen atoms in total. The number of aromatic nitrogens is 2. The van der Waals surface area contributed by atoms with Crippen LogP contribution in [-0.2, 0) is 36.9 Å². The molecule has 4 aromatic rings. The van der Waals surface area contributed by atoms with Crippen LogP contribution >= 0.6 is 0 Å². The molecule has 0 amide bonds. The second-order valence-corrected chi connectivity index (χ2v) is 8.27. The molecule has 0 fully saturated rings. The van der Waals surface area contributed by atoms with Crippen molar-refractivity contribution in [2.75, 3.05) is 0 Å². The molecule has 0 aliphatic heterocycles. The lowest BCUT2D eigenvalue weighted by Crippen LogP contribution is -2.05. The highest BCUT2D eigenvalue weighted by Gasteiger charge is 2.14. The fourth-order valence-corrected chi connectivity index (χ4v) is 4.16. The van der Waals surface area contributed by atoms with E-state index in [2.05, 4.69) is 77.8 Å². The van der Waals surface area contributed by atoms with Crippen molar-refractivity contribution >= 4 is 5.78 Å². The molecule has 1 aromatic heterocycles. The summed E-state index contributed by atoms with van der Waals surface area (Å²) >= 11 is 0. The standard InChI is InChI=1S/C29H30N2O/c1-2-27-28(30-31-29(27)25-11-7-4-8-12-25)20-19-26(32)21-24-17-15-23(16-18-24)14-13-22-9-5-3-6-10-22/h3-12,15-18H,2,13-14,19-21H2,1H3,(H,30,31). The van der Waals surface area contributed by atoms with Gasteiger partial charge >= 0.3 is 0 Å². The van der Waals surface area contributed by atoms with Gasteiger partial charge in [0.2, 0.25) is 0 Å². The zero-order valence-electron chi connectivity index (χ0n) is 18.7. The predicted octanol–water partition coefficient (Wildman–Crippen LogP) is 6.17. The molecule has 4 rings (SSSR count). The topological polar surface area (TPSA) is 45.8 Å². The maximum Gasteiger partial charge on any atom is 0.137 e. The first-order chi connectivity index (χ1) is 15.7. The highest BCUT2D eigenvalue weighted by Crippen LogP contribution is 2.25. The SMILES string of the molecule is CCc1c(-c2ccccc2)n[nH]c1CCC(=O)Cc1ccc(CCc2ccccc2)cc1. The van der Waals surface area contributed by atoms with Gasteiger partial charge in [0, 0.05) is 29.7 Å². The fraction of sp³-hybridized carbons (Fsp3) is 0.241. The van der Waals surface area contributed by atoms with Gasteiger partial charge in [-0.3, -0.25) is 9.89 Å². The molecule has 0 radical (unpaired) electrons. The lowest BCUT2D eigenvalue weighted by atomic mass is 9.98. The minimum Gasteiger partial charge on any atom is -0.299 e. The number of Topliss-reactive ketones (excluding diaryl/α,β-unsaturated/α-hetero) is 1. The van der Waals surface area contributed by atoms with Gasteiger partial charge in [-0.25, -0.2) is 0 Å². The van der Waals surface area contributed by atoms with Crippen molar-refractivity contribution < 1.29 is 4.79 Å². The van der Waals surface area contributed by atoms with Crippen LogP contribution in [0, 0.1) is 0 Å². The smallest absolute Gasteiger partial charge is 0.137 e. The van der Waals surface area contributed by atoms with E-state index in [9.17, 15) is 4.79 Å². The van der Waals surface area contributed by atoms with E-state index in [1.807, 2.05) is 24.3 Å². The Labute approximate surface area is 190 Å². The van der Waals surface area contributed by atoms with E-state index in [0.717, 1.165) is 41.8 Å². The molecule has 0 saturated heterocycles. The summed E-state index contributed by atoms with van der Waals surface area (Å²) in [7, 11) is 0. The van der Waals surface area contributed by atoms with E-state index in [0.29, 0.717) is 19.3 Å². The fourth-order valence-electron chi connectivity index (χ4n) is 4.16. The molecule has 1 heterocycles. The second-order valence-electron chi connectivity index (χ2n) is 8.27. The van der Waals surface area contributed by atoms with E-state index in [-0.39, 0.29) is 5.78 Å². The van der Waals surface area contributed by atoms with Gasteiger partial charge in [-0.15, -0.1) is 0 Å². The molecule has 0 unspecified atom stereocenters. The Bertz CT molecular complexity index is 1130. The number of H-pyrrole nitrogens is 1. The van der Waals surface area contributed by atoms with Gasteiger partial charge in [0.05, 0.1) is 5.69 Å². The largest absolute Gasteiger partial charge is 0.299 e. The van der Waals surface area contributed by atoms with Gasteiger partial charge < -0.3 is 0 Å². The number of hydrogen-bond acceptors (Lipinski definition) is 2. The second kappa shape index (κ2) is 10.7. The van der Waals surface area contributed by atoms with Crippen LogP contribution in [0.15, 0.2) is 84.9 Å². The summed E-state index contributed by atoms with van der Waals surface area (Å²) in [5, 5.41) is 7.71. The Balaban J connectivity index is 1.30. The van der Waals surface area contributed by atoms with Crippen LogP contribution in [-0.4, -0.2) is 16.0 Å². The highest BCUT2D eigenvalue weighted by molar-refractivity contribution is 5.81. The molecule has 1 N–H and O–H groups in total. The Morgan fingerprint density at radius 3 is 2.00 bits per heavy atom. The summed E-state index contributed by atoms with van der Waals surface area (Å²) in [4.78, 5) is 12.6. The van der Waals surface area contributed by atoms with Crippen LogP contribution in [0.2, 0.25) is 0 Å². The minimum absolute atomic E-state index is 0.264. The first-order valence-electron chi connectivity index (χ1n) is 11.5. The third-order valence-electron chi connectivity index (χ3n) is 5.98. The summed E-state index contributed by atoms with van der Waals surface area (Å²) in [5.41, 5.74) is 8.16. The van der Waals surface area contributed by atoms with Crippen LogP contribution in [0.1, 0.15) is 41.3 Å². The highest BCUT2D eigenvalue weighted by atomic mass is 16.1. The average molecular weight is 423 g/mol. The van der Waals surface area contributed by atoms with Crippen molar-refractivity contribution in [3.8, 4) is 11.3 Å². The molecule has 162 valence electrons. The number of rotatable bonds is 10. The van der Waals surface area contributed by atoms with Gasteiger partial charge in [0.1, 0.15) is 5.78 Å². The van der Waals surface area contributed by atoms with E-state index < -0.39 is 0 Å². The maximum absolute atomic E-state index is 12.6. The van der Waals surface area contributed by atoms with Crippen molar-refractivity contribution in [2.24, 2.45) is 0 Å². The molecule has 3 heteroatoms. The molecule has 32 heavy (non-hydrogen) atoms. The summed E-state index contributed by atoms with van der Waals surface area (Å²) in [6.07, 6.45) is 4.67. The number of nitrogens with one attached hydrogen (secondary N) is 1. The maximum atomic E-state index is 12.6. The molecule has 0 aliphatic carbocycles. The van der Waals surface area contributed by atoms with E-state index in [1.54, 1.807) is 0 Å². The normalized spacial score (nSPS) is 10.9. The zero-order valence-corrected chi connectivity index (χ0v) is 18.7. The monoisotopic (exact) mass is 422 g/mol. The summed E-state index contributed by atoms with van der Waals surface area (Å²) in [6, 6.07) is 29.3. The van der Waals surface area contributed by atoms with Gasteiger partial charge in [0.25, 0.3) is 0 Å². The lowest BCUT2D eigenvalue weighted by Gasteiger charge is -2.06. The average Bonchev–Trinajstić information content (AvgIpc) is 3.26. The molecular weight excluding hydrogens is 392 g/mol. The summed E-state index contributed by atoms with van der Waals surface area (Å²) < 4.78 is 0. The molecule has 3 aromatic carbocycles. The van der Waals surface area contributed by atoms with Crippen LogP contribution in [0.25, 0.3) is 11.3 Å². The lowest BCUT2D eigenvalue weighted by molar-refractivity contribution is -0.118. The third-order valence-corrected chi connectivity index (χ3v) is 5.98. The predicted molar refractivity (Wildman–Crippen MR) is 131 cm³/mol. The van der Waals surface area contributed by atoms with Crippen molar-refractivity contribution in [3.05, 3.63) is 113 Å². The van der Waals surface area contributed by atoms with Crippen molar-refractivity contribution in [1.29, 1.82) is 0 Å². The number of carbonyl (C=O) groups excluding carboxylic acids is 1. The van der Waals surface area contributed by atoms with Crippen LogP contribution in [0.4, 0.5) is 0 Å². The Morgan fingerprint density at radius 1 is 0.750 bits per heavy atom. The van der Waals surface area contributed by atoms with Crippen LogP contribution in [0.3, 0.4) is 0 Å². The van der Waals surface area contributed by atoms with Crippen LogP contribution < -0.4 is 0 Å². The first kappa shape index (κ1) is 21.8.